The summed E-state index contributed by atoms with van der Waals surface area (Å²) in [7, 11) is 0. The lowest BCUT2D eigenvalue weighted by atomic mass is 9.74. The zero-order valence-electron chi connectivity index (χ0n) is 16.7. The fraction of sp³-hybridized carbons (Fsp3) is 0.462. The van der Waals surface area contributed by atoms with E-state index in [0.29, 0.717) is 23.9 Å². The van der Waals surface area contributed by atoms with Gasteiger partial charge in [0.1, 0.15) is 0 Å². The lowest BCUT2D eigenvalue weighted by Gasteiger charge is -2.32. The number of rotatable bonds is 2. The van der Waals surface area contributed by atoms with Gasteiger partial charge in [0.15, 0.2) is 0 Å². The van der Waals surface area contributed by atoms with Gasteiger partial charge in [0, 0.05) is 12.1 Å². The molecule has 3 aromatic rings. The van der Waals surface area contributed by atoms with E-state index in [1.165, 1.54) is 47.2 Å². The molecular weight excluding hydrogens is 340 g/mol. The Morgan fingerprint density at radius 3 is 1.04 bits per heavy atom. The van der Waals surface area contributed by atoms with Crippen LogP contribution in [0.2, 0.25) is 0 Å². The van der Waals surface area contributed by atoms with Crippen molar-refractivity contribution < 1.29 is 0 Å². The largest absolute Gasteiger partial charge is 0.328 e. The van der Waals surface area contributed by atoms with Crippen molar-refractivity contribution >= 4 is 21.5 Å². The summed E-state index contributed by atoms with van der Waals surface area (Å²) in [6.45, 7) is 0. The summed E-state index contributed by atoms with van der Waals surface area (Å²) in [5.41, 5.74) is 15.6. The predicted octanol–water partition coefficient (Wildman–Crippen LogP) is 5.96. The molecule has 0 saturated heterocycles. The van der Waals surface area contributed by atoms with Crippen molar-refractivity contribution in [3.8, 4) is 0 Å². The molecule has 4 N–H and O–H groups in total. The van der Waals surface area contributed by atoms with Crippen LogP contribution in [-0.2, 0) is 0 Å². The standard InChI is InChI=1S/C26H32N2/c27-19-13-9-17(10-14-19)25-21-5-1-2-6-22(21)26(18-11-15-20(28)16-12-18)24-8-4-3-7-23(24)25/h1-8,17-20H,9-16,27-28H2. The van der Waals surface area contributed by atoms with E-state index in [-0.39, 0.29) is 0 Å². The molecule has 146 valence electrons. The van der Waals surface area contributed by atoms with Gasteiger partial charge >= 0.3 is 0 Å². The lowest BCUT2D eigenvalue weighted by molar-refractivity contribution is 0.396. The van der Waals surface area contributed by atoms with Crippen LogP contribution in [0.4, 0.5) is 0 Å². The Morgan fingerprint density at radius 2 is 0.750 bits per heavy atom. The third-order valence-corrected chi connectivity index (χ3v) is 7.37. The van der Waals surface area contributed by atoms with Crippen LogP contribution in [0.15, 0.2) is 48.5 Å². The molecule has 3 aromatic carbocycles. The quantitative estimate of drug-likeness (QED) is 0.545. The SMILES string of the molecule is NC1CCC(c2c3ccccc3c(C3CCC(N)CC3)c3ccccc23)CC1. The Kier molecular flexibility index (Phi) is 4.86. The average Bonchev–Trinajstić information content (AvgIpc) is 2.74. The number of benzene rings is 3. The van der Waals surface area contributed by atoms with E-state index in [1.54, 1.807) is 11.1 Å². The molecule has 2 heteroatoms. The van der Waals surface area contributed by atoms with Gasteiger partial charge in [-0.15, -0.1) is 0 Å². The zero-order chi connectivity index (χ0) is 19.1. The second-order valence-corrected chi connectivity index (χ2v) is 9.14. The van der Waals surface area contributed by atoms with Crippen LogP contribution >= 0.6 is 0 Å². The highest BCUT2D eigenvalue weighted by atomic mass is 14.6. The maximum absolute atomic E-state index is 6.22. The average molecular weight is 373 g/mol. The van der Waals surface area contributed by atoms with E-state index >= 15 is 0 Å². The van der Waals surface area contributed by atoms with Crippen molar-refractivity contribution in [2.45, 2.75) is 75.3 Å². The molecule has 2 aliphatic carbocycles. The molecule has 0 amide bonds. The maximum Gasteiger partial charge on any atom is 0.00392 e. The van der Waals surface area contributed by atoms with Crippen molar-refractivity contribution in [2.24, 2.45) is 11.5 Å². The summed E-state index contributed by atoms with van der Waals surface area (Å²) < 4.78 is 0. The first-order chi connectivity index (χ1) is 13.7. The highest BCUT2D eigenvalue weighted by Crippen LogP contribution is 2.46. The molecule has 0 radical (unpaired) electrons. The van der Waals surface area contributed by atoms with E-state index in [2.05, 4.69) is 48.5 Å². The van der Waals surface area contributed by atoms with Gasteiger partial charge in [0.05, 0.1) is 0 Å². The summed E-state index contributed by atoms with van der Waals surface area (Å²) >= 11 is 0. The van der Waals surface area contributed by atoms with E-state index in [1.807, 2.05) is 0 Å². The zero-order valence-corrected chi connectivity index (χ0v) is 16.7. The molecule has 0 aromatic heterocycles. The molecule has 0 unspecified atom stereocenters. The van der Waals surface area contributed by atoms with Gasteiger partial charge in [-0.3, -0.25) is 0 Å². The summed E-state index contributed by atoms with van der Waals surface area (Å²) in [6.07, 6.45) is 9.45. The van der Waals surface area contributed by atoms with E-state index in [4.69, 9.17) is 11.5 Å². The molecule has 0 aliphatic heterocycles. The highest BCUT2D eigenvalue weighted by Gasteiger charge is 2.28. The number of fused-ring (bicyclic) bond motifs is 2. The molecule has 28 heavy (non-hydrogen) atoms. The Labute approximate surface area is 168 Å². The monoisotopic (exact) mass is 372 g/mol. The van der Waals surface area contributed by atoms with Gasteiger partial charge < -0.3 is 11.5 Å². The summed E-state index contributed by atoms with van der Waals surface area (Å²) in [5, 5.41) is 5.91. The van der Waals surface area contributed by atoms with E-state index in [9.17, 15) is 0 Å². The molecule has 2 fully saturated rings. The minimum Gasteiger partial charge on any atom is -0.328 e. The van der Waals surface area contributed by atoms with Gasteiger partial charge in [-0.05, 0) is 95.9 Å². The molecule has 2 saturated carbocycles. The molecule has 2 aliphatic rings. The topological polar surface area (TPSA) is 52.0 Å². The second kappa shape index (κ2) is 7.50. The second-order valence-electron chi connectivity index (χ2n) is 9.14. The van der Waals surface area contributed by atoms with Crippen LogP contribution in [0, 0.1) is 0 Å². The highest BCUT2D eigenvalue weighted by molar-refractivity contribution is 6.06. The third-order valence-electron chi connectivity index (χ3n) is 7.37. The number of nitrogens with two attached hydrogens (primary N) is 2. The van der Waals surface area contributed by atoms with Crippen molar-refractivity contribution in [1.29, 1.82) is 0 Å². The predicted molar refractivity (Wildman–Crippen MR) is 120 cm³/mol. The number of hydrogen-bond acceptors (Lipinski definition) is 2. The van der Waals surface area contributed by atoms with Crippen molar-refractivity contribution in [3.63, 3.8) is 0 Å². The van der Waals surface area contributed by atoms with Crippen LogP contribution in [0.5, 0.6) is 0 Å². The number of hydrogen-bond donors (Lipinski definition) is 2. The Bertz CT molecular complexity index is 839. The maximum atomic E-state index is 6.22. The van der Waals surface area contributed by atoms with Crippen LogP contribution in [0.3, 0.4) is 0 Å². The first kappa shape index (κ1) is 18.1. The minimum absolute atomic E-state index is 0.388. The van der Waals surface area contributed by atoms with Gasteiger partial charge in [0.25, 0.3) is 0 Å². The van der Waals surface area contributed by atoms with Crippen LogP contribution in [0.25, 0.3) is 21.5 Å². The molecule has 2 nitrogen and oxygen atoms in total. The molecule has 0 bridgehead atoms. The molecular formula is C26H32N2. The van der Waals surface area contributed by atoms with Crippen molar-refractivity contribution in [2.75, 3.05) is 0 Å². The lowest BCUT2D eigenvalue weighted by Crippen LogP contribution is -2.26. The van der Waals surface area contributed by atoms with E-state index in [0.717, 1.165) is 25.7 Å². The fourth-order valence-corrected chi connectivity index (χ4v) is 5.89. The molecule has 0 atom stereocenters. The Balaban J connectivity index is 1.74. The molecule has 0 spiro atoms. The fourth-order valence-electron chi connectivity index (χ4n) is 5.89. The van der Waals surface area contributed by atoms with Crippen molar-refractivity contribution in [1.82, 2.24) is 0 Å². The first-order valence-electron chi connectivity index (χ1n) is 11.2. The summed E-state index contributed by atoms with van der Waals surface area (Å²) in [4.78, 5) is 0. The van der Waals surface area contributed by atoms with E-state index < -0.39 is 0 Å². The normalized spacial score (nSPS) is 28.6. The molecule has 5 rings (SSSR count). The van der Waals surface area contributed by atoms with Crippen molar-refractivity contribution in [3.05, 3.63) is 59.7 Å². The molecule has 0 heterocycles. The van der Waals surface area contributed by atoms with Gasteiger partial charge in [0.2, 0.25) is 0 Å². The Morgan fingerprint density at radius 1 is 0.464 bits per heavy atom. The van der Waals surface area contributed by atoms with Crippen LogP contribution < -0.4 is 11.5 Å². The summed E-state index contributed by atoms with van der Waals surface area (Å²) in [6, 6.07) is 19.1. The minimum atomic E-state index is 0.388. The van der Waals surface area contributed by atoms with Crippen LogP contribution in [-0.4, -0.2) is 12.1 Å². The van der Waals surface area contributed by atoms with Crippen LogP contribution in [0.1, 0.15) is 74.3 Å². The van der Waals surface area contributed by atoms with Gasteiger partial charge in [-0.1, -0.05) is 48.5 Å². The third kappa shape index (κ3) is 3.13. The Hall–Kier alpha value is -1.90. The van der Waals surface area contributed by atoms with Gasteiger partial charge in [-0.25, -0.2) is 0 Å². The summed E-state index contributed by atoms with van der Waals surface area (Å²) in [5.74, 6) is 1.26. The first-order valence-corrected chi connectivity index (χ1v) is 11.2. The smallest absolute Gasteiger partial charge is 0.00392 e. The van der Waals surface area contributed by atoms with Gasteiger partial charge in [-0.2, -0.15) is 0 Å².